The first-order valence-electron chi connectivity index (χ1n) is 5.30. The number of nitrogens with one attached hydrogen (secondary N) is 1. The third-order valence-corrected chi connectivity index (χ3v) is 2.79. The number of benzene rings is 1. The standard InChI is InChI=1S/C11H11BrFN3O4/c12-7-3-6(13)1-2-8(7)15-11(20)16(4-9(14)17)5-10(18)19/h1-3H,4-5H2,(H2,14,17)(H,15,20)(H,18,19). The Morgan fingerprint density at radius 2 is 2.00 bits per heavy atom. The molecule has 1 aromatic rings. The zero-order valence-corrected chi connectivity index (χ0v) is 11.7. The van der Waals surface area contributed by atoms with Crippen LogP contribution in [0, 0.1) is 5.82 Å². The number of primary amides is 1. The Bertz CT molecular complexity index is 536. The first-order valence-corrected chi connectivity index (χ1v) is 6.10. The average Bonchev–Trinajstić information content (AvgIpc) is 2.30. The smallest absolute Gasteiger partial charge is 0.323 e. The lowest BCUT2D eigenvalue weighted by Crippen LogP contribution is -2.43. The Morgan fingerprint density at radius 3 is 2.50 bits per heavy atom. The van der Waals surface area contributed by atoms with Gasteiger partial charge in [0.2, 0.25) is 5.91 Å². The molecule has 0 atom stereocenters. The molecule has 4 N–H and O–H groups in total. The molecular weight excluding hydrogens is 337 g/mol. The van der Waals surface area contributed by atoms with Gasteiger partial charge in [0.05, 0.1) is 5.69 Å². The van der Waals surface area contributed by atoms with E-state index in [9.17, 15) is 18.8 Å². The van der Waals surface area contributed by atoms with E-state index in [4.69, 9.17) is 10.8 Å². The lowest BCUT2D eigenvalue weighted by molar-refractivity contribution is -0.137. The van der Waals surface area contributed by atoms with E-state index >= 15 is 0 Å². The third-order valence-electron chi connectivity index (χ3n) is 2.13. The van der Waals surface area contributed by atoms with E-state index in [0.29, 0.717) is 0 Å². The summed E-state index contributed by atoms with van der Waals surface area (Å²) in [5.74, 6) is -2.64. The summed E-state index contributed by atoms with van der Waals surface area (Å²) in [6.07, 6.45) is 0. The van der Waals surface area contributed by atoms with Gasteiger partial charge in [-0.25, -0.2) is 9.18 Å². The van der Waals surface area contributed by atoms with Crippen LogP contribution in [0.4, 0.5) is 14.9 Å². The second kappa shape index (κ2) is 6.85. The Labute approximate surface area is 121 Å². The molecule has 0 bridgehead atoms. The van der Waals surface area contributed by atoms with E-state index in [0.717, 1.165) is 17.0 Å². The molecule has 9 heteroatoms. The van der Waals surface area contributed by atoms with Gasteiger partial charge in [0.1, 0.15) is 18.9 Å². The van der Waals surface area contributed by atoms with Gasteiger partial charge in [-0.2, -0.15) is 0 Å². The van der Waals surface area contributed by atoms with Gasteiger partial charge in [0.15, 0.2) is 0 Å². The Balaban J connectivity index is 2.84. The highest BCUT2D eigenvalue weighted by atomic mass is 79.9. The number of halogens is 2. The maximum Gasteiger partial charge on any atom is 0.323 e. The summed E-state index contributed by atoms with van der Waals surface area (Å²) >= 11 is 3.05. The number of amides is 3. The number of rotatable bonds is 5. The predicted octanol–water partition coefficient (Wildman–Crippen LogP) is 0.992. The Hall–Kier alpha value is -2.16. The third kappa shape index (κ3) is 4.84. The van der Waals surface area contributed by atoms with Crippen LogP contribution in [0.2, 0.25) is 0 Å². The molecule has 1 aromatic carbocycles. The summed E-state index contributed by atoms with van der Waals surface area (Å²) in [5, 5.41) is 11.0. The molecule has 7 nitrogen and oxygen atoms in total. The molecule has 0 saturated heterocycles. The van der Waals surface area contributed by atoms with Crippen LogP contribution in [0.1, 0.15) is 0 Å². The molecule has 0 unspecified atom stereocenters. The SMILES string of the molecule is NC(=O)CN(CC(=O)O)C(=O)Nc1ccc(F)cc1Br. The highest BCUT2D eigenvalue weighted by Gasteiger charge is 2.19. The lowest BCUT2D eigenvalue weighted by Gasteiger charge is -2.20. The van der Waals surface area contributed by atoms with Crippen LogP contribution in [-0.2, 0) is 9.59 Å². The van der Waals surface area contributed by atoms with E-state index in [2.05, 4.69) is 21.2 Å². The molecule has 0 saturated carbocycles. The molecule has 0 aliphatic heterocycles. The first-order chi connectivity index (χ1) is 9.29. The average molecular weight is 348 g/mol. The van der Waals surface area contributed by atoms with Crippen molar-refractivity contribution in [2.24, 2.45) is 5.73 Å². The van der Waals surface area contributed by atoms with Crippen molar-refractivity contribution in [2.75, 3.05) is 18.4 Å². The van der Waals surface area contributed by atoms with Crippen molar-refractivity contribution in [2.45, 2.75) is 0 Å². The molecule has 0 aliphatic rings. The Morgan fingerprint density at radius 1 is 1.35 bits per heavy atom. The van der Waals surface area contributed by atoms with Crippen LogP contribution in [-0.4, -0.2) is 41.0 Å². The number of hydrogen-bond acceptors (Lipinski definition) is 3. The highest BCUT2D eigenvalue weighted by molar-refractivity contribution is 9.10. The van der Waals surface area contributed by atoms with Gasteiger partial charge in [0.25, 0.3) is 0 Å². The number of carbonyl (C=O) groups excluding carboxylic acids is 2. The molecule has 20 heavy (non-hydrogen) atoms. The molecule has 0 radical (unpaired) electrons. The van der Waals surface area contributed by atoms with Crippen LogP contribution in [0.15, 0.2) is 22.7 Å². The lowest BCUT2D eigenvalue weighted by atomic mass is 10.3. The quantitative estimate of drug-likeness (QED) is 0.737. The molecule has 0 aliphatic carbocycles. The monoisotopic (exact) mass is 347 g/mol. The van der Waals surface area contributed by atoms with E-state index in [-0.39, 0.29) is 10.2 Å². The fourth-order valence-corrected chi connectivity index (χ4v) is 1.79. The van der Waals surface area contributed by atoms with Gasteiger partial charge in [-0.1, -0.05) is 0 Å². The largest absolute Gasteiger partial charge is 0.480 e. The number of urea groups is 1. The maximum atomic E-state index is 12.9. The minimum atomic E-state index is -1.29. The zero-order chi connectivity index (χ0) is 15.3. The number of carboxylic acids is 1. The van der Waals surface area contributed by atoms with Crippen LogP contribution < -0.4 is 11.1 Å². The molecule has 0 aromatic heterocycles. The van der Waals surface area contributed by atoms with E-state index < -0.39 is 36.8 Å². The minimum Gasteiger partial charge on any atom is -0.480 e. The molecule has 0 spiro atoms. The van der Waals surface area contributed by atoms with E-state index in [1.54, 1.807) is 0 Å². The number of nitrogens with two attached hydrogens (primary N) is 1. The molecule has 1 rings (SSSR count). The van der Waals surface area contributed by atoms with Crippen molar-refractivity contribution in [1.82, 2.24) is 4.90 Å². The minimum absolute atomic E-state index is 0.233. The molecule has 0 heterocycles. The van der Waals surface area contributed by atoms with Gasteiger partial charge in [-0.05, 0) is 34.1 Å². The summed E-state index contributed by atoms with van der Waals surface area (Å²) in [6, 6.07) is 2.71. The van der Waals surface area contributed by atoms with Crippen molar-refractivity contribution in [3.8, 4) is 0 Å². The molecule has 3 amide bonds. The van der Waals surface area contributed by atoms with Crippen molar-refractivity contribution in [3.63, 3.8) is 0 Å². The normalized spacial score (nSPS) is 9.90. The number of aliphatic carboxylic acids is 1. The summed E-state index contributed by atoms with van der Waals surface area (Å²) in [7, 11) is 0. The highest BCUT2D eigenvalue weighted by Crippen LogP contribution is 2.23. The fourth-order valence-electron chi connectivity index (χ4n) is 1.34. The summed E-state index contributed by atoms with van der Waals surface area (Å²) in [6.45, 7) is -1.23. The second-order valence-electron chi connectivity index (χ2n) is 3.77. The van der Waals surface area contributed by atoms with Crippen LogP contribution >= 0.6 is 15.9 Å². The summed E-state index contributed by atoms with van der Waals surface area (Å²) in [5.41, 5.74) is 5.17. The topological polar surface area (TPSA) is 113 Å². The zero-order valence-electron chi connectivity index (χ0n) is 10.1. The number of carbonyl (C=O) groups is 3. The second-order valence-corrected chi connectivity index (χ2v) is 4.62. The van der Waals surface area contributed by atoms with Gasteiger partial charge in [0, 0.05) is 4.47 Å². The van der Waals surface area contributed by atoms with Gasteiger partial charge in [-0.15, -0.1) is 0 Å². The summed E-state index contributed by atoms with van der Waals surface area (Å²) < 4.78 is 13.2. The van der Waals surface area contributed by atoms with Crippen molar-refractivity contribution in [1.29, 1.82) is 0 Å². The van der Waals surface area contributed by atoms with Gasteiger partial charge < -0.3 is 21.1 Å². The predicted molar refractivity (Wildman–Crippen MR) is 71.5 cm³/mol. The molecule has 0 fully saturated rings. The van der Waals surface area contributed by atoms with Crippen LogP contribution in [0.5, 0.6) is 0 Å². The van der Waals surface area contributed by atoms with Crippen molar-refractivity contribution < 1.29 is 23.9 Å². The molecular formula is C11H11BrFN3O4. The first kappa shape index (κ1) is 15.9. The van der Waals surface area contributed by atoms with E-state index in [1.165, 1.54) is 6.07 Å². The number of hydrogen-bond donors (Lipinski definition) is 3. The van der Waals surface area contributed by atoms with Crippen molar-refractivity contribution in [3.05, 3.63) is 28.5 Å². The molecule has 108 valence electrons. The number of anilines is 1. The summed E-state index contributed by atoms with van der Waals surface area (Å²) in [4.78, 5) is 34.0. The van der Waals surface area contributed by atoms with Gasteiger partial charge >= 0.3 is 12.0 Å². The fraction of sp³-hybridized carbons (Fsp3) is 0.182. The Kier molecular flexibility index (Phi) is 5.44. The van der Waals surface area contributed by atoms with Crippen molar-refractivity contribution >= 4 is 39.5 Å². The maximum absolute atomic E-state index is 12.9. The van der Waals surface area contributed by atoms with Crippen LogP contribution in [0.25, 0.3) is 0 Å². The number of carboxylic acid groups (broad SMARTS) is 1. The number of nitrogens with zero attached hydrogens (tertiary/aromatic N) is 1. The van der Waals surface area contributed by atoms with E-state index in [1.807, 2.05) is 0 Å². The van der Waals surface area contributed by atoms with Crippen LogP contribution in [0.3, 0.4) is 0 Å². The van der Waals surface area contributed by atoms with Gasteiger partial charge in [-0.3, -0.25) is 9.59 Å².